The largest absolute Gasteiger partial charge is 0.493 e. The summed E-state index contributed by atoms with van der Waals surface area (Å²) in [6.07, 6.45) is 1.63. The van der Waals surface area contributed by atoms with E-state index >= 15 is 0 Å². The molecule has 0 saturated carbocycles. The number of hydrogen-bond donors (Lipinski definition) is 1. The molecule has 0 aromatic heterocycles. The van der Waals surface area contributed by atoms with Gasteiger partial charge in [0.05, 0.1) is 18.6 Å². The topological polar surface area (TPSA) is 94.2 Å². The minimum atomic E-state index is -0.375. The molecule has 1 aliphatic rings. The number of thioether (sulfide) groups is 1. The lowest BCUT2D eigenvalue weighted by Gasteiger charge is -2.13. The Morgan fingerprint density at radius 1 is 0.947 bits per heavy atom. The molecule has 1 aliphatic heterocycles. The van der Waals surface area contributed by atoms with Crippen LogP contribution in [0, 0.1) is 13.8 Å². The van der Waals surface area contributed by atoms with Crippen LogP contribution >= 0.6 is 11.8 Å². The van der Waals surface area contributed by atoms with Gasteiger partial charge in [0, 0.05) is 5.69 Å². The third-order valence-electron chi connectivity index (χ3n) is 5.63. The van der Waals surface area contributed by atoms with Crippen LogP contribution in [0.1, 0.15) is 16.7 Å². The number of benzene rings is 3. The quantitative estimate of drug-likeness (QED) is 0.347. The normalized spacial score (nSPS) is 14.1. The highest BCUT2D eigenvalue weighted by atomic mass is 32.2. The lowest BCUT2D eigenvalue weighted by Crippen LogP contribution is -2.32. The second-order valence-electron chi connectivity index (χ2n) is 8.61. The van der Waals surface area contributed by atoms with E-state index in [4.69, 9.17) is 14.2 Å². The highest BCUT2D eigenvalue weighted by Gasteiger charge is 2.34. The summed E-state index contributed by atoms with van der Waals surface area (Å²) in [5, 5.41) is 2.43. The first-order valence-electron chi connectivity index (χ1n) is 11.9. The molecule has 38 heavy (non-hydrogen) atoms. The van der Waals surface area contributed by atoms with Crippen LogP contribution in [0.5, 0.6) is 17.2 Å². The van der Waals surface area contributed by atoms with Gasteiger partial charge in [-0.1, -0.05) is 35.9 Å². The Hall–Kier alpha value is -4.24. The smallest absolute Gasteiger partial charge is 0.293 e. The van der Waals surface area contributed by atoms with E-state index in [-0.39, 0.29) is 36.8 Å². The van der Waals surface area contributed by atoms with E-state index in [1.165, 1.54) is 12.0 Å². The third-order valence-corrected chi connectivity index (χ3v) is 6.53. The van der Waals surface area contributed by atoms with Crippen molar-refractivity contribution >= 4 is 40.6 Å². The summed E-state index contributed by atoms with van der Waals surface area (Å²) in [4.78, 5) is 39.0. The number of anilines is 1. The summed E-state index contributed by atoms with van der Waals surface area (Å²) in [6, 6.07) is 20.1. The van der Waals surface area contributed by atoms with E-state index < -0.39 is 0 Å². The van der Waals surface area contributed by atoms with Gasteiger partial charge in [-0.3, -0.25) is 19.3 Å². The number of ether oxygens (including phenoxy) is 3. The van der Waals surface area contributed by atoms with Gasteiger partial charge in [-0.05, 0) is 79.2 Å². The van der Waals surface area contributed by atoms with Gasteiger partial charge in [0.15, 0.2) is 18.1 Å². The van der Waals surface area contributed by atoms with Crippen LogP contribution in [0.3, 0.4) is 0 Å². The number of methoxy groups -OCH3 is 1. The lowest BCUT2D eigenvalue weighted by atomic mass is 10.2. The molecule has 0 spiro atoms. The minimum absolute atomic E-state index is 0.150. The first-order chi connectivity index (χ1) is 18.3. The molecule has 3 aromatic rings. The fourth-order valence-corrected chi connectivity index (χ4v) is 4.54. The van der Waals surface area contributed by atoms with E-state index in [0.29, 0.717) is 33.4 Å². The number of aryl methyl sites for hydroxylation is 2. The molecule has 3 aromatic carbocycles. The monoisotopic (exact) mass is 532 g/mol. The molecular formula is C29H28N2O6S. The number of imide groups is 1. The highest BCUT2D eigenvalue weighted by Crippen LogP contribution is 2.34. The van der Waals surface area contributed by atoms with Crippen LogP contribution in [0.4, 0.5) is 10.5 Å². The summed E-state index contributed by atoms with van der Waals surface area (Å²) >= 11 is 0.877. The molecule has 3 amide bonds. The Kier molecular flexibility index (Phi) is 8.70. The van der Waals surface area contributed by atoms with Crippen molar-refractivity contribution in [1.29, 1.82) is 0 Å². The van der Waals surface area contributed by atoms with Crippen LogP contribution in [-0.2, 0) is 9.59 Å². The van der Waals surface area contributed by atoms with Crippen molar-refractivity contribution in [3.8, 4) is 17.2 Å². The molecule has 9 heteroatoms. The van der Waals surface area contributed by atoms with Crippen LogP contribution in [-0.4, -0.2) is 48.8 Å². The lowest BCUT2D eigenvalue weighted by molar-refractivity contribution is -0.123. The minimum Gasteiger partial charge on any atom is -0.493 e. The fraction of sp³-hybridized carbons (Fsp3) is 0.207. The van der Waals surface area contributed by atoms with E-state index in [1.54, 1.807) is 24.3 Å². The molecule has 0 bridgehead atoms. The van der Waals surface area contributed by atoms with Gasteiger partial charge in [0.2, 0.25) is 0 Å². The molecule has 0 aliphatic carbocycles. The Morgan fingerprint density at radius 2 is 1.74 bits per heavy atom. The number of carbonyl (C=O) groups excluding carboxylic acids is 3. The molecule has 0 atom stereocenters. The molecule has 8 nitrogen and oxygen atoms in total. The van der Waals surface area contributed by atoms with Gasteiger partial charge < -0.3 is 19.5 Å². The van der Waals surface area contributed by atoms with Gasteiger partial charge in [0.25, 0.3) is 17.1 Å². The predicted molar refractivity (Wildman–Crippen MR) is 148 cm³/mol. The van der Waals surface area contributed by atoms with Crippen molar-refractivity contribution in [2.45, 2.75) is 13.8 Å². The third kappa shape index (κ3) is 6.95. The number of rotatable bonds is 10. The van der Waals surface area contributed by atoms with Crippen molar-refractivity contribution in [3.63, 3.8) is 0 Å². The first kappa shape index (κ1) is 26.8. The maximum absolute atomic E-state index is 12.8. The van der Waals surface area contributed by atoms with Gasteiger partial charge >= 0.3 is 0 Å². The molecule has 196 valence electrons. The molecule has 0 unspecified atom stereocenters. The second kappa shape index (κ2) is 12.3. The molecule has 1 fully saturated rings. The molecule has 1 N–H and O–H groups in total. The van der Waals surface area contributed by atoms with E-state index in [0.717, 1.165) is 22.9 Å². The van der Waals surface area contributed by atoms with Crippen LogP contribution in [0.2, 0.25) is 0 Å². The first-order valence-corrected chi connectivity index (χ1v) is 12.8. The molecule has 0 radical (unpaired) electrons. The highest BCUT2D eigenvalue weighted by molar-refractivity contribution is 8.18. The van der Waals surface area contributed by atoms with Crippen LogP contribution < -0.4 is 19.5 Å². The summed E-state index contributed by atoms with van der Waals surface area (Å²) in [7, 11) is 1.49. The predicted octanol–water partition coefficient (Wildman–Crippen LogP) is 5.44. The average molecular weight is 533 g/mol. The molecule has 1 saturated heterocycles. The fourth-order valence-electron chi connectivity index (χ4n) is 3.67. The number of nitrogens with one attached hydrogen (secondary N) is 1. The molecular weight excluding hydrogens is 504 g/mol. The van der Waals surface area contributed by atoms with Gasteiger partial charge in [-0.15, -0.1) is 0 Å². The van der Waals surface area contributed by atoms with E-state index in [1.807, 2.05) is 62.4 Å². The second-order valence-corrected chi connectivity index (χ2v) is 9.60. The molecule has 4 rings (SSSR count). The molecule has 1 heterocycles. The maximum Gasteiger partial charge on any atom is 0.293 e. The van der Waals surface area contributed by atoms with Crippen molar-refractivity contribution in [2.24, 2.45) is 0 Å². The van der Waals surface area contributed by atoms with Crippen molar-refractivity contribution in [1.82, 2.24) is 4.90 Å². The van der Waals surface area contributed by atoms with Crippen molar-refractivity contribution < 1.29 is 28.6 Å². The Balaban J connectivity index is 1.35. The Morgan fingerprint density at radius 3 is 2.47 bits per heavy atom. The number of amides is 3. The summed E-state index contributed by atoms with van der Waals surface area (Å²) in [5.41, 5.74) is 3.50. The zero-order valence-electron chi connectivity index (χ0n) is 21.4. The number of hydrogen-bond acceptors (Lipinski definition) is 7. The standard InChI is InChI=1S/C29H28N2O6S/c1-19-7-10-22(11-8-19)30-27(32)18-37-24-12-9-21(16-25(24)35-3)17-26-28(33)31(29(34)38-26)13-14-36-23-6-4-5-20(2)15-23/h4-12,15-17H,13-14,18H2,1-3H3,(H,30,32)/b26-17-. The number of nitrogens with zero attached hydrogens (tertiary/aromatic N) is 1. The zero-order chi connectivity index (χ0) is 27.1. The van der Waals surface area contributed by atoms with Gasteiger partial charge in [-0.25, -0.2) is 0 Å². The number of carbonyl (C=O) groups is 3. The van der Waals surface area contributed by atoms with Crippen molar-refractivity contribution in [2.75, 3.05) is 32.2 Å². The van der Waals surface area contributed by atoms with E-state index in [9.17, 15) is 14.4 Å². The van der Waals surface area contributed by atoms with Gasteiger partial charge in [-0.2, -0.15) is 0 Å². The maximum atomic E-state index is 12.8. The van der Waals surface area contributed by atoms with E-state index in [2.05, 4.69) is 5.32 Å². The summed E-state index contributed by atoms with van der Waals surface area (Å²) in [5.74, 6) is 0.785. The van der Waals surface area contributed by atoms with Crippen molar-refractivity contribution in [3.05, 3.63) is 88.3 Å². The van der Waals surface area contributed by atoms with Crippen LogP contribution in [0.25, 0.3) is 6.08 Å². The average Bonchev–Trinajstić information content (AvgIpc) is 3.16. The van der Waals surface area contributed by atoms with Gasteiger partial charge in [0.1, 0.15) is 12.4 Å². The zero-order valence-corrected chi connectivity index (χ0v) is 22.2. The Labute approximate surface area is 225 Å². The summed E-state index contributed by atoms with van der Waals surface area (Å²) in [6.45, 7) is 4.08. The van der Waals surface area contributed by atoms with Crippen LogP contribution in [0.15, 0.2) is 71.6 Å². The SMILES string of the molecule is COc1cc(/C=C2\SC(=O)N(CCOc3cccc(C)c3)C2=O)ccc1OCC(=O)Nc1ccc(C)cc1. The Bertz CT molecular complexity index is 1370. The summed E-state index contributed by atoms with van der Waals surface area (Å²) < 4.78 is 16.7.